The van der Waals surface area contributed by atoms with E-state index in [4.69, 9.17) is 0 Å². The summed E-state index contributed by atoms with van der Waals surface area (Å²) in [6.45, 7) is 4.92. The molecule has 1 saturated heterocycles. The van der Waals surface area contributed by atoms with Crippen molar-refractivity contribution in [1.29, 1.82) is 0 Å². The lowest BCUT2D eigenvalue weighted by atomic mass is 10.0. The van der Waals surface area contributed by atoms with Crippen LogP contribution < -0.4 is 0 Å². The number of amides is 1. The number of carbonyl (C=O) groups excluding carboxylic acids is 1. The zero-order chi connectivity index (χ0) is 20.1. The number of likely N-dealkylation sites (tertiary alicyclic amines) is 1. The Bertz CT molecular complexity index is 881. The van der Waals surface area contributed by atoms with Gasteiger partial charge in [-0.15, -0.1) is 0 Å². The summed E-state index contributed by atoms with van der Waals surface area (Å²) < 4.78 is 24.8. The number of hydrogen-bond acceptors (Lipinski definition) is 3. The Kier molecular flexibility index (Phi) is 6.55. The number of carbonyl (C=O) groups is 1. The molecule has 1 heterocycles. The summed E-state index contributed by atoms with van der Waals surface area (Å²) in [5, 5.41) is -0.302. The van der Waals surface area contributed by atoms with E-state index in [2.05, 4.69) is 12.1 Å². The van der Waals surface area contributed by atoms with Crippen molar-refractivity contribution in [3.05, 3.63) is 60.2 Å². The summed E-state index contributed by atoms with van der Waals surface area (Å²) in [4.78, 5) is 14.4. The molecule has 0 atom stereocenters. The van der Waals surface area contributed by atoms with Gasteiger partial charge in [-0.05, 0) is 35.4 Å². The summed E-state index contributed by atoms with van der Waals surface area (Å²) in [5.74, 6) is 0.454. The molecule has 0 spiro atoms. The van der Waals surface area contributed by atoms with E-state index in [-0.39, 0.29) is 22.8 Å². The average Bonchev–Trinajstić information content (AvgIpc) is 2.68. The van der Waals surface area contributed by atoms with Gasteiger partial charge in [0.1, 0.15) is 0 Å². The van der Waals surface area contributed by atoms with Crippen molar-refractivity contribution in [3.63, 3.8) is 0 Å². The van der Waals surface area contributed by atoms with E-state index in [1.165, 1.54) is 0 Å². The predicted octanol–water partition coefficient (Wildman–Crippen LogP) is 3.96. The molecule has 2 aromatic carbocycles. The van der Waals surface area contributed by atoms with Crippen LogP contribution in [0, 0.1) is 5.92 Å². The first-order valence-electron chi connectivity index (χ1n) is 9.99. The Hall–Kier alpha value is -2.14. The first-order chi connectivity index (χ1) is 13.3. The van der Waals surface area contributed by atoms with E-state index in [1.54, 1.807) is 0 Å². The molecule has 0 radical (unpaired) electrons. The van der Waals surface area contributed by atoms with Crippen LogP contribution in [-0.4, -0.2) is 43.3 Å². The van der Waals surface area contributed by atoms with Gasteiger partial charge in [0.15, 0.2) is 9.84 Å². The molecular weight excluding hydrogens is 370 g/mol. The second kappa shape index (κ2) is 8.91. The molecule has 5 heteroatoms. The summed E-state index contributed by atoms with van der Waals surface area (Å²) >= 11 is 0. The normalized spacial score (nSPS) is 15.8. The molecule has 0 unspecified atom stereocenters. The van der Waals surface area contributed by atoms with Crippen LogP contribution >= 0.6 is 0 Å². The van der Waals surface area contributed by atoms with Crippen molar-refractivity contribution in [2.45, 2.75) is 38.4 Å². The maximum Gasteiger partial charge on any atom is 0.226 e. The van der Waals surface area contributed by atoms with E-state index in [9.17, 15) is 13.2 Å². The highest BCUT2D eigenvalue weighted by Gasteiger charge is 2.31. The number of sulfone groups is 1. The van der Waals surface area contributed by atoms with Crippen LogP contribution in [0.25, 0.3) is 11.1 Å². The maximum atomic E-state index is 12.6. The third-order valence-electron chi connectivity index (χ3n) is 5.28. The molecule has 28 heavy (non-hydrogen) atoms. The van der Waals surface area contributed by atoms with E-state index in [0.29, 0.717) is 32.4 Å². The molecule has 4 nitrogen and oxygen atoms in total. The van der Waals surface area contributed by atoms with Crippen molar-refractivity contribution >= 4 is 15.7 Å². The fraction of sp³-hybridized carbons (Fsp3) is 0.435. The second-order valence-electron chi connectivity index (χ2n) is 8.04. The average molecular weight is 400 g/mol. The Balaban J connectivity index is 1.55. The lowest BCUT2D eigenvalue weighted by Gasteiger charge is -2.32. The summed E-state index contributed by atoms with van der Waals surface area (Å²) in [6.07, 6.45) is 1.46. The number of rotatable bonds is 6. The van der Waals surface area contributed by atoms with E-state index >= 15 is 0 Å². The predicted molar refractivity (Wildman–Crippen MR) is 114 cm³/mol. The zero-order valence-electron chi connectivity index (χ0n) is 16.7. The zero-order valence-corrected chi connectivity index (χ0v) is 17.5. The van der Waals surface area contributed by atoms with Gasteiger partial charge in [-0.1, -0.05) is 68.4 Å². The Morgan fingerprint density at radius 1 is 0.964 bits per heavy atom. The molecule has 2 aromatic rings. The smallest absolute Gasteiger partial charge is 0.226 e. The fourth-order valence-corrected chi connectivity index (χ4v) is 5.93. The SMILES string of the molecule is CC(C)CS(=O)(=O)C1CCN(C(=O)Cc2ccc(-c3ccccc3)cc2)CC1. The monoisotopic (exact) mass is 399 g/mol. The topological polar surface area (TPSA) is 54.5 Å². The van der Waals surface area contributed by atoms with Crippen LogP contribution in [0.5, 0.6) is 0 Å². The fourth-order valence-electron chi connectivity index (χ4n) is 3.80. The van der Waals surface area contributed by atoms with Crippen molar-refractivity contribution in [3.8, 4) is 11.1 Å². The largest absolute Gasteiger partial charge is 0.342 e. The molecule has 0 bridgehead atoms. The molecule has 0 N–H and O–H groups in total. The quantitative estimate of drug-likeness (QED) is 0.739. The maximum absolute atomic E-state index is 12.6. The minimum Gasteiger partial charge on any atom is -0.342 e. The van der Waals surface area contributed by atoms with Crippen molar-refractivity contribution in [2.24, 2.45) is 5.92 Å². The number of benzene rings is 2. The molecular formula is C23H29NO3S. The Morgan fingerprint density at radius 3 is 2.11 bits per heavy atom. The minimum atomic E-state index is -3.06. The van der Waals surface area contributed by atoms with Crippen LogP contribution in [0.15, 0.2) is 54.6 Å². The highest BCUT2D eigenvalue weighted by atomic mass is 32.2. The number of nitrogens with zero attached hydrogens (tertiary/aromatic N) is 1. The van der Waals surface area contributed by atoms with E-state index in [0.717, 1.165) is 16.7 Å². The molecule has 1 amide bonds. The highest BCUT2D eigenvalue weighted by Crippen LogP contribution is 2.22. The van der Waals surface area contributed by atoms with Gasteiger partial charge in [0.2, 0.25) is 5.91 Å². The molecule has 0 saturated carbocycles. The van der Waals surface area contributed by atoms with Gasteiger partial charge in [0, 0.05) is 13.1 Å². The van der Waals surface area contributed by atoms with E-state index < -0.39 is 9.84 Å². The standard InChI is InChI=1S/C23H29NO3S/c1-18(2)17-28(26,27)22-12-14-24(15-13-22)23(25)16-19-8-10-21(11-9-19)20-6-4-3-5-7-20/h3-11,18,22H,12-17H2,1-2H3. The highest BCUT2D eigenvalue weighted by molar-refractivity contribution is 7.92. The number of piperidine rings is 1. The first kappa shape index (κ1) is 20.6. The summed E-state index contributed by atoms with van der Waals surface area (Å²) in [6, 6.07) is 18.2. The van der Waals surface area contributed by atoms with Crippen molar-refractivity contribution in [2.75, 3.05) is 18.8 Å². The minimum absolute atomic E-state index is 0.0761. The molecule has 0 aliphatic carbocycles. The summed E-state index contributed by atoms with van der Waals surface area (Å²) in [5.41, 5.74) is 3.28. The van der Waals surface area contributed by atoms with Gasteiger partial charge in [-0.2, -0.15) is 0 Å². The van der Waals surface area contributed by atoms with Gasteiger partial charge in [0.25, 0.3) is 0 Å². The van der Waals surface area contributed by atoms with Crippen LogP contribution in [0.1, 0.15) is 32.3 Å². The van der Waals surface area contributed by atoms with Crippen molar-refractivity contribution < 1.29 is 13.2 Å². The lowest BCUT2D eigenvalue weighted by molar-refractivity contribution is -0.131. The van der Waals surface area contributed by atoms with Crippen LogP contribution in [0.4, 0.5) is 0 Å². The Morgan fingerprint density at radius 2 is 1.54 bits per heavy atom. The molecule has 1 aliphatic heterocycles. The third-order valence-corrected chi connectivity index (χ3v) is 7.90. The molecule has 0 aromatic heterocycles. The van der Waals surface area contributed by atoms with Crippen molar-refractivity contribution in [1.82, 2.24) is 4.90 Å². The van der Waals surface area contributed by atoms with Crippen LogP contribution in [0.3, 0.4) is 0 Å². The third kappa shape index (κ3) is 5.22. The van der Waals surface area contributed by atoms with Gasteiger partial charge < -0.3 is 4.90 Å². The van der Waals surface area contributed by atoms with Gasteiger partial charge in [-0.25, -0.2) is 8.42 Å². The first-order valence-corrected chi connectivity index (χ1v) is 11.7. The van der Waals surface area contributed by atoms with Gasteiger partial charge >= 0.3 is 0 Å². The van der Waals surface area contributed by atoms with Crippen LogP contribution in [0.2, 0.25) is 0 Å². The Labute approximate surface area is 168 Å². The molecule has 1 aliphatic rings. The second-order valence-corrected chi connectivity index (χ2v) is 10.4. The molecule has 150 valence electrons. The van der Waals surface area contributed by atoms with Gasteiger partial charge in [-0.3, -0.25) is 4.79 Å². The molecule has 3 rings (SSSR count). The molecule has 1 fully saturated rings. The summed E-state index contributed by atoms with van der Waals surface area (Å²) in [7, 11) is -3.06. The van der Waals surface area contributed by atoms with Gasteiger partial charge in [0.05, 0.1) is 17.4 Å². The van der Waals surface area contributed by atoms with E-state index in [1.807, 2.05) is 61.2 Å². The lowest BCUT2D eigenvalue weighted by Crippen LogP contribution is -2.43. The van der Waals surface area contributed by atoms with Crippen LogP contribution in [-0.2, 0) is 21.1 Å². The number of hydrogen-bond donors (Lipinski definition) is 0.